The second-order valence-electron chi connectivity index (χ2n) is 7.84. The van der Waals surface area contributed by atoms with Crippen LogP contribution in [0, 0.1) is 0 Å². The van der Waals surface area contributed by atoms with E-state index in [0.717, 1.165) is 0 Å². The zero-order valence-corrected chi connectivity index (χ0v) is 14.7. The molecule has 120 valence electrons. The Morgan fingerprint density at radius 1 is 0.913 bits per heavy atom. The van der Waals surface area contributed by atoms with Crippen LogP contribution in [-0.4, -0.2) is 11.2 Å². The SMILES string of the molecule is C/C(=C\c1ccc2c(c1)C(C)(C)C(O)C2(C)C)c1ccccc1. The van der Waals surface area contributed by atoms with Crippen LogP contribution in [0.2, 0.25) is 0 Å². The first-order chi connectivity index (χ1) is 10.7. The molecule has 1 aliphatic carbocycles. The van der Waals surface area contributed by atoms with Crippen LogP contribution in [0.15, 0.2) is 48.5 Å². The van der Waals surface area contributed by atoms with Crippen molar-refractivity contribution in [3.05, 3.63) is 70.8 Å². The molecule has 1 heteroatoms. The van der Waals surface area contributed by atoms with E-state index in [1.807, 2.05) is 6.07 Å². The number of benzene rings is 2. The van der Waals surface area contributed by atoms with Gasteiger partial charge in [-0.3, -0.25) is 0 Å². The summed E-state index contributed by atoms with van der Waals surface area (Å²) in [5, 5.41) is 10.7. The van der Waals surface area contributed by atoms with Gasteiger partial charge < -0.3 is 5.11 Å². The van der Waals surface area contributed by atoms with Gasteiger partial charge in [-0.05, 0) is 34.8 Å². The first-order valence-corrected chi connectivity index (χ1v) is 8.31. The first-order valence-electron chi connectivity index (χ1n) is 8.31. The fraction of sp³-hybridized carbons (Fsp3) is 0.364. The van der Waals surface area contributed by atoms with Gasteiger partial charge in [0.25, 0.3) is 0 Å². The van der Waals surface area contributed by atoms with Crippen LogP contribution < -0.4 is 0 Å². The monoisotopic (exact) mass is 306 g/mol. The van der Waals surface area contributed by atoms with E-state index in [9.17, 15) is 5.11 Å². The third-order valence-corrected chi connectivity index (χ3v) is 5.41. The van der Waals surface area contributed by atoms with Crippen molar-refractivity contribution in [3.8, 4) is 0 Å². The molecule has 0 heterocycles. The smallest absolute Gasteiger partial charge is 0.0722 e. The lowest BCUT2D eigenvalue weighted by Gasteiger charge is -2.31. The Hall–Kier alpha value is -1.86. The number of hydrogen-bond acceptors (Lipinski definition) is 1. The molecule has 1 aliphatic rings. The van der Waals surface area contributed by atoms with Gasteiger partial charge in [0.15, 0.2) is 0 Å². The molecular formula is C22H26O. The molecule has 3 rings (SSSR count). The molecule has 23 heavy (non-hydrogen) atoms. The molecule has 2 aromatic carbocycles. The third kappa shape index (κ3) is 2.53. The molecular weight excluding hydrogens is 280 g/mol. The van der Waals surface area contributed by atoms with E-state index in [2.05, 4.69) is 83.2 Å². The van der Waals surface area contributed by atoms with Gasteiger partial charge in [-0.2, -0.15) is 0 Å². The third-order valence-electron chi connectivity index (χ3n) is 5.41. The average Bonchev–Trinajstić information content (AvgIpc) is 2.66. The summed E-state index contributed by atoms with van der Waals surface area (Å²) in [5.41, 5.74) is 5.81. The van der Waals surface area contributed by atoms with E-state index >= 15 is 0 Å². The molecule has 0 fully saturated rings. The van der Waals surface area contributed by atoms with E-state index in [-0.39, 0.29) is 16.9 Å². The van der Waals surface area contributed by atoms with Crippen molar-refractivity contribution < 1.29 is 5.11 Å². The van der Waals surface area contributed by atoms with Crippen LogP contribution in [0.5, 0.6) is 0 Å². The molecule has 0 aliphatic heterocycles. The molecule has 1 unspecified atom stereocenters. The molecule has 1 atom stereocenters. The Morgan fingerprint density at radius 2 is 1.52 bits per heavy atom. The number of hydrogen-bond donors (Lipinski definition) is 1. The second-order valence-corrected chi connectivity index (χ2v) is 7.84. The molecule has 0 spiro atoms. The van der Waals surface area contributed by atoms with Crippen molar-refractivity contribution in [2.24, 2.45) is 0 Å². The lowest BCUT2D eigenvalue weighted by molar-refractivity contribution is 0.0566. The number of fused-ring (bicyclic) bond motifs is 1. The van der Waals surface area contributed by atoms with Crippen molar-refractivity contribution in [3.63, 3.8) is 0 Å². The van der Waals surface area contributed by atoms with Gasteiger partial charge >= 0.3 is 0 Å². The maximum atomic E-state index is 10.7. The van der Waals surface area contributed by atoms with Gasteiger partial charge in [-0.15, -0.1) is 0 Å². The van der Waals surface area contributed by atoms with Crippen LogP contribution in [0.4, 0.5) is 0 Å². The van der Waals surface area contributed by atoms with E-state index in [4.69, 9.17) is 0 Å². The Morgan fingerprint density at radius 3 is 2.17 bits per heavy atom. The highest BCUT2D eigenvalue weighted by Gasteiger charge is 2.50. The van der Waals surface area contributed by atoms with Crippen molar-refractivity contribution >= 4 is 11.6 Å². The van der Waals surface area contributed by atoms with Crippen LogP contribution in [0.3, 0.4) is 0 Å². The lowest BCUT2D eigenvalue weighted by Crippen LogP contribution is -2.39. The van der Waals surface area contributed by atoms with Gasteiger partial charge in [-0.1, -0.05) is 82.3 Å². The lowest BCUT2D eigenvalue weighted by atomic mass is 9.78. The highest BCUT2D eigenvalue weighted by molar-refractivity contribution is 5.80. The van der Waals surface area contributed by atoms with Gasteiger partial charge in [0, 0.05) is 10.8 Å². The summed E-state index contributed by atoms with van der Waals surface area (Å²) in [4.78, 5) is 0. The summed E-state index contributed by atoms with van der Waals surface area (Å²) in [7, 11) is 0. The first kappa shape index (κ1) is 16.0. The summed E-state index contributed by atoms with van der Waals surface area (Å²) in [6.07, 6.45) is 1.86. The number of aliphatic hydroxyl groups is 1. The maximum Gasteiger partial charge on any atom is 0.0722 e. The fourth-order valence-electron chi connectivity index (χ4n) is 3.98. The minimum absolute atomic E-state index is 0.199. The summed E-state index contributed by atoms with van der Waals surface area (Å²) < 4.78 is 0. The predicted octanol–water partition coefficient (Wildman–Crippen LogP) is 5.18. The number of allylic oxidation sites excluding steroid dienone is 1. The zero-order chi connectivity index (χ0) is 16.8. The van der Waals surface area contributed by atoms with E-state index in [0.29, 0.717) is 0 Å². The molecule has 0 aromatic heterocycles. The maximum absolute atomic E-state index is 10.7. The highest BCUT2D eigenvalue weighted by atomic mass is 16.3. The van der Waals surface area contributed by atoms with Gasteiger partial charge in [-0.25, -0.2) is 0 Å². The van der Waals surface area contributed by atoms with Crippen LogP contribution in [0.25, 0.3) is 11.6 Å². The van der Waals surface area contributed by atoms with E-state index in [1.54, 1.807) is 0 Å². The van der Waals surface area contributed by atoms with Crippen LogP contribution in [-0.2, 0) is 10.8 Å². The molecule has 2 aromatic rings. The Balaban J connectivity index is 2.05. The van der Waals surface area contributed by atoms with E-state index < -0.39 is 0 Å². The van der Waals surface area contributed by atoms with Crippen LogP contribution >= 0.6 is 0 Å². The summed E-state index contributed by atoms with van der Waals surface area (Å²) in [5.74, 6) is 0. The molecule has 0 amide bonds. The number of aliphatic hydroxyl groups excluding tert-OH is 1. The normalized spacial score (nSPS) is 22.0. The van der Waals surface area contributed by atoms with Crippen molar-refractivity contribution in [1.82, 2.24) is 0 Å². The van der Waals surface area contributed by atoms with Gasteiger partial charge in [0.05, 0.1) is 6.10 Å². The van der Waals surface area contributed by atoms with Gasteiger partial charge in [0.1, 0.15) is 0 Å². The predicted molar refractivity (Wildman–Crippen MR) is 98.5 cm³/mol. The van der Waals surface area contributed by atoms with Crippen molar-refractivity contribution in [2.45, 2.75) is 51.6 Å². The molecule has 1 N–H and O–H groups in total. The summed E-state index contributed by atoms with van der Waals surface area (Å²) >= 11 is 0. The summed E-state index contributed by atoms with van der Waals surface area (Å²) in [6.45, 7) is 10.7. The molecule has 0 radical (unpaired) electrons. The Labute approximate surface area is 139 Å². The van der Waals surface area contributed by atoms with E-state index in [1.165, 1.54) is 27.8 Å². The second kappa shape index (κ2) is 5.35. The molecule has 0 saturated heterocycles. The average molecular weight is 306 g/mol. The van der Waals surface area contributed by atoms with Crippen molar-refractivity contribution in [1.29, 1.82) is 0 Å². The fourth-order valence-corrected chi connectivity index (χ4v) is 3.98. The molecule has 0 saturated carbocycles. The summed E-state index contributed by atoms with van der Waals surface area (Å²) in [6, 6.07) is 17.1. The van der Waals surface area contributed by atoms with Gasteiger partial charge in [0.2, 0.25) is 0 Å². The zero-order valence-electron chi connectivity index (χ0n) is 14.7. The molecule has 1 nitrogen and oxygen atoms in total. The quantitative estimate of drug-likeness (QED) is 0.758. The number of rotatable bonds is 2. The molecule has 0 bridgehead atoms. The topological polar surface area (TPSA) is 20.2 Å². The Bertz CT molecular complexity index is 751. The minimum Gasteiger partial charge on any atom is -0.391 e. The highest BCUT2D eigenvalue weighted by Crippen LogP contribution is 2.49. The standard InChI is InChI=1S/C22H26O/c1-15(17-9-7-6-8-10-17)13-16-11-12-18-19(14-16)22(4,5)20(23)21(18,2)3/h6-14,20,23H,1-5H3/b15-13+. The van der Waals surface area contributed by atoms with Crippen LogP contribution in [0.1, 0.15) is 56.9 Å². The Kier molecular flexibility index (Phi) is 3.72. The largest absolute Gasteiger partial charge is 0.391 e. The minimum atomic E-state index is -0.362. The van der Waals surface area contributed by atoms with Crippen molar-refractivity contribution in [2.75, 3.05) is 0 Å².